The minimum atomic E-state index is -0.566. The molecule has 0 saturated carbocycles. The van der Waals surface area contributed by atoms with Crippen LogP contribution in [0.1, 0.15) is 31.9 Å². The molecule has 0 heterocycles. The number of aliphatic hydroxyl groups is 2. The summed E-state index contributed by atoms with van der Waals surface area (Å²) in [5.41, 5.74) is 0.911. The van der Waals surface area contributed by atoms with Crippen LogP contribution >= 0.6 is 0 Å². The van der Waals surface area contributed by atoms with Gasteiger partial charge in [0.1, 0.15) is 0 Å². The van der Waals surface area contributed by atoms with Gasteiger partial charge in [-0.25, -0.2) is 0 Å². The van der Waals surface area contributed by atoms with E-state index in [-0.39, 0.29) is 6.04 Å². The molecular formula is C17H23NO2. The summed E-state index contributed by atoms with van der Waals surface area (Å²) >= 11 is 0. The molecule has 0 saturated heterocycles. The number of hydrogen-bond donors (Lipinski definition) is 3. The van der Waals surface area contributed by atoms with Crippen molar-refractivity contribution in [2.75, 3.05) is 6.54 Å². The van der Waals surface area contributed by atoms with E-state index in [1.54, 1.807) is 6.92 Å². The molecule has 3 atom stereocenters. The minimum Gasteiger partial charge on any atom is -0.392 e. The van der Waals surface area contributed by atoms with Gasteiger partial charge in [0, 0.05) is 12.6 Å². The highest BCUT2D eigenvalue weighted by Gasteiger charge is 2.19. The topological polar surface area (TPSA) is 52.5 Å². The smallest absolute Gasteiger partial charge is 0.0943 e. The second-order valence-corrected chi connectivity index (χ2v) is 5.32. The molecule has 0 aliphatic rings. The van der Waals surface area contributed by atoms with E-state index in [0.29, 0.717) is 6.54 Å². The molecule has 0 bridgehead atoms. The molecule has 2 aromatic rings. The fourth-order valence-electron chi connectivity index (χ4n) is 2.43. The Morgan fingerprint density at radius 3 is 2.40 bits per heavy atom. The Morgan fingerprint density at radius 1 is 1.05 bits per heavy atom. The highest BCUT2D eigenvalue weighted by molar-refractivity contribution is 5.83. The zero-order chi connectivity index (χ0) is 14.5. The molecule has 0 aliphatic heterocycles. The van der Waals surface area contributed by atoms with Crippen LogP contribution in [-0.2, 0) is 0 Å². The Labute approximate surface area is 120 Å². The Kier molecular flexibility index (Phi) is 5.12. The predicted octanol–water partition coefficient (Wildman–Crippen LogP) is 2.62. The van der Waals surface area contributed by atoms with Gasteiger partial charge in [0.05, 0.1) is 12.2 Å². The lowest BCUT2D eigenvalue weighted by Gasteiger charge is -2.24. The Morgan fingerprint density at radius 2 is 1.75 bits per heavy atom. The first-order valence-corrected chi connectivity index (χ1v) is 7.20. The first-order valence-electron chi connectivity index (χ1n) is 7.20. The summed E-state index contributed by atoms with van der Waals surface area (Å²) in [6, 6.07) is 14.1. The molecule has 20 heavy (non-hydrogen) atoms. The van der Waals surface area contributed by atoms with Crippen molar-refractivity contribution >= 4 is 10.8 Å². The molecule has 3 unspecified atom stereocenters. The van der Waals surface area contributed by atoms with Gasteiger partial charge in [-0.05, 0) is 35.7 Å². The summed E-state index contributed by atoms with van der Waals surface area (Å²) < 4.78 is 0. The molecule has 0 aliphatic carbocycles. The third-order valence-corrected chi connectivity index (χ3v) is 3.61. The molecule has 0 radical (unpaired) electrons. The Balaban J connectivity index is 2.18. The summed E-state index contributed by atoms with van der Waals surface area (Å²) in [6.07, 6.45) is -0.169. The normalized spacial score (nSPS) is 16.0. The average Bonchev–Trinajstić information content (AvgIpc) is 2.47. The highest BCUT2D eigenvalue weighted by atomic mass is 16.3. The number of rotatable bonds is 6. The number of hydrogen-bond acceptors (Lipinski definition) is 3. The first kappa shape index (κ1) is 15.0. The molecule has 0 amide bonds. The van der Waals surface area contributed by atoms with Crippen LogP contribution in [0.2, 0.25) is 0 Å². The van der Waals surface area contributed by atoms with Crippen molar-refractivity contribution < 1.29 is 10.2 Å². The maximum absolute atomic E-state index is 10.5. The second kappa shape index (κ2) is 6.84. The predicted molar refractivity (Wildman–Crippen MR) is 82.7 cm³/mol. The Hall–Kier alpha value is -1.42. The maximum Gasteiger partial charge on any atom is 0.0943 e. The van der Waals surface area contributed by atoms with E-state index >= 15 is 0 Å². The molecule has 0 aromatic heterocycles. The SMILES string of the molecule is CCC(NCC(C)O)C(O)c1ccc2ccccc2c1. The standard InChI is InChI=1S/C17H23NO2/c1-3-16(18-11-12(2)19)17(20)15-9-8-13-6-4-5-7-14(13)10-15/h4-10,12,16-20H,3,11H2,1-2H3. The van der Waals surface area contributed by atoms with E-state index in [4.69, 9.17) is 0 Å². The molecule has 3 nitrogen and oxygen atoms in total. The maximum atomic E-state index is 10.5. The monoisotopic (exact) mass is 273 g/mol. The van der Waals surface area contributed by atoms with E-state index in [1.165, 1.54) is 5.39 Å². The van der Waals surface area contributed by atoms with E-state index in [2.05, 4.69) is 17.4 Å². The zero-order valence-corrected chi connectivity index (χ0v) is 12.1. The molecule has 2 rings (SSSR count). The average molecular weight is 273 g/mol. The number of nitrogens with one attached hydrogen (secondary N) is 1. The summed E-state index contributed by atoms with van der Waals surface area (Å²) in [4.78, 5) is 0. The fraction of sp³-hybridized carbons (Fsp3) is 0.412. The quantitative estimate of drug-likeness (QED) is 0.758. The molecule has 0 spiro atoms. The second-order valence-electron chi connectivity index (χ2n) is 5.32. The first-order chi connectivity index (χ1) is 9.61. The van der Waals surface area contributed by atoms with E-state index in [1.807, 2.05) is 37.3 Å². The number of fused-ring (bicyclic) bond motifs is 1. The molecule has 3 heteroatoms. The van der Waals surface area contributed by atoms with Gasteiger partial charge in [-0.2, -0.15) is 0 Å². The number of benzene rings is 2. The summed E-state index contributed by atoms with van der Waals surface area (Å²) in [7, 11) is 0. The van der Waals surface area contributed by atoms with Crippen LogP contribution < -0.4 is 5.32 Å². The van der Waals surface area contributed by atoms with E-state index < -0.39 is 12.2 Å². The molecule has 2 aromatic carbocycles. The zero-order valence-electron chi connectivity index (χ0n) is 12.1. The van der Waals surface area contributed by atoms with Gasteiger partial charge in [-0.3, -0.25) is 0 Å². The Bertz CT molecular complexity index is 553. The van der Waals surface area contributed by atoms with Crippen molar-refractivity contribution in [1.29, 1.82) is 0 Å². The lowest BCUT2D eigenvalue weighted by atomic mass is 9.97. The molecule has 3 N–H and O–H groups in total. The van der Waals surface area contributed by atoms with Crippen LogP contribution in [0.5, 0.6) is 0 Å². The van der Waals surface area contributed by atoms with Gasteiger partial charge >= 0.3 is 0 Å². The third kappa shape index (κ3) is 3.57. The molecular weight excluding hydrogens is 250 g/mol. The van der Waals surface area contributed by atoms with E-state index in [0.717, 1.165) is 17.4 Å². The molecule has 108 valence electrons. The van der Waals surface area contributed by atoms with Gasteiger partial charge in [0.15, 0.2) is 0 Å². The van der Waals surface area contributed by atoms with E-state index in [9.17, 15) is 10.2 Å². The fourth-order valence-corrected chi connectivity index (χ4v) is 2.43. The largest absolute Gasteiger partial charge is 0.392 e. The number of aliphatic hydroxyl groups excluding tert-OH is 2. The van der Waals surface area contributed by atoms with Crippen molar-refractivity contribution in [3.63, 3.8) is 0 Å². The molecule has 0 fully saturated rings. The minimum absolute atomic E-state index is 0.0502. The summed E-state index contributed by atoms with van der Waals surface area (Å²) in [6.45, 7) is 4.26. The van der Waals surface area contributed by atoms with Crippen LogP contribution in [-0.4, -0.2) is 28.9 Å². The van der Waals surface area contributed by atoms with Gasteiger partial charge in [0.25, 0.3) is 0 Å². The van der Waals surface area contributed by atoms with Crippen molar-refractivity contribution in [3.8, 4) is 0 Å². The van der Waals surface area contributed by atoms with Crippen molar-refractivity contribution in [1.82, 2.24) is 5.32 Å². The van der Waals surface area contributed by atoms with Crippen molar-refractivity contribution in [3.05, 3.63) is 48.0 Å². The van der Waals surface area contributed by atoms with Crippen LogP contribution in [0.3, 0.4) is 0 Å². The van der Waals surface area contributed by atoms with Gasteiger partial charge < -0.3 is 15.5 Å². The van der Waals surface area contributed by atoms with Crippen molar-refractivity contribution in [2.45, 2.75) is 38.5 Å². The lowest BCUT2D eigenvalue weighted by Crippen LogP contribution is -2.38. The van der Waals surface area contributed by atoms with Gasteiger partial charge in [0.2, 0.25) is 0 Å². The van der Waals surface area contributed by atoms with Crippen LogP contribution in [0.15, 0.2) is 42.5 Å². The highest BCUT2D eigenvalue weighted by Crippen LogP contribution is 2.23. The van der Waals surface area contributed by atoms with Crippen molar-refractivity contribution in [2.24, 2.45) is 0 Å². The van der Waals surface area contributed by atoms with Crippen LogP contribution in [0.25, 0.3) is 10.8 Å². The summed E-state index contributed by atoms with van der Waals surface area (Å²) in [5.74, 6) is 0. The van der Waals surface area contributed by atoms with Gasteiger partial charge in [-0.1, -0.05) is 43.3 Å². The third-order valence-electron chi connectivity index (χ3n) is 3.61. The van der Waals surface area contributed by atoms with Crippen LogP contribution in [0.4, 0.5) is 0 Å². The van der Waals surface area contributed by atoms with Crippen LogP contribution in [0, 0.1) is 0 Å². The summed E-state index contributed by atoms with van der Waals surface area (Å²) in [5, 5.41) is 25.4. The van der Waals surface area contributed by atoms with Gasteiger partial charge in [-0.15, -0.1) is 0 Å². The lowest BCUT2D eigenvalue weighted by molar-refractivity contribution is 0.112.